The van der Waals surface area contributed by atoms with E-state index in [0.717, 1.165) is 11.1 Å². The van der Waals surface area contributed by atoms with E-state index in [-0.39, 0.29) is 0 Å². The van der Waals surface area contributed by atoms with E-state index < -0.39 is 8.32 Å². The van der Waals surface area contributed by atoms with Gasteiger partial charge in [-0.1, -0.05) is 48.8 Å². The quantitative estimate of drug-likeness (QED) is 0.605. The topological polar surface area (TPSA) is 9.23 Å². The Bertz CT molecular complexity index is 447. The number of benzene rings is 1. The molecule has 1 aliphatic carbocycles. The van der Waals surface area contributed by atoms with Gasteiger partial charge in [-0.25, -0.2) is 0 Å². The van der Waals surface area contributed by atoms with Crippen molar-refractivity contribution in [3.8, 4) is 0 Å². The summed E-state index contributed by atoms with van der Waals surface area (Å²) >= 11 is 3.51. The van der Waals surface area contributed by atoms with Crippen LogP contribution in [-0.2, 0) is 4.43 Å². The molecule has 112 valence electrons. The van der Waals surface area contributed by atoms with Gasteiger partial charge < -0.3 is 4.43 Å². The predicted molar refractivity (Wildman–Crippen MR) is 92.8 cm³/mol. The van der Waals surface area contributed by atoms with Gasteiger partial charge in [-0.15, -0.1) is 0 Å². The van der Waals surface area contributed by atoms with Crippen molar-refractivity contribution in [2.75, 3.05) is 6.61 Å². The van der Waals surface area contributed by atoms with E-state index in [2.05, 4.69) is 74.1 Å². The van der Waals surface area contributed by atoms with Crippen molar-refractivity contribution in [2.24, 2.45) is 5.92 Å². The summed E-state index contributed by atoms with van der Waals surface area (Å²) in [5.74, 6) is 1.41. The maximum absolute atomic E-state index is 6.40. The van der Waals surface area contributed by atoms with Crippen LogP contribution in [-0.4, -0.2) is 14.9 Å². The van der Waals surface area contributed by atoms with Crippen LogP contribution >= 0.6 is 15.9 Å². The molecule has 3 heteroatoms. The fourth-order valence-electron chi connectivity index (χ4n) is 2.45. The first-order valence-corrected chi connectivity index (χ1v) is 11.3. The molecule has 0 heterocycles. The third-order valence-electron chi connectivity index (χ3n) is 5.18. The van der Waals surface area contributed by atoms with Crippen molar-refractivity contribution in [1.82, 2.24) is 0 Å². The first kappa shape index (κ1) is 16.3. The highest BCUT2D eigenvalue weighted by atomic mass is 79.9. The minimum Gasteiger partial charge on any atom is -0.417 e. The van der Waals surface area contributed by atoms with Gasteiger partial charge in [0.2, 0.25) is 0 Å². The molecule has 1 aliphatic rings. The summed E-state index contributed by atoms with van der Waals surface area (Å²) in [7, 11) is -1.60. The zero-order valence-electron chi connectivity index (χ0n) is 13.4. The number of hydrogen-bond acceptors (Lipinski definition) is 1. The van der Waals surface area contributed by atoms with E-state index in [9.17, 15) is 0 Å². The predicted octanol–water partition coefficient (Wildman–Crippen LogP) is 5.96. The summed E-state index contributed by atoms with van der Waals surface area (Å²) in [6.07, 6.45) is 2.63. The van der Waals surface area contributed by atoms with Crippen LogP contribution in [0.5, 0.6) is 0 Å². The van der Waals surface area contributed by atoms with Gasteiger partial charge in [-0.05, 0) is 60.5 Å². The average Bonchev–Trinajstić information content (AvgIpc) is 2.29. The van der Waals surface area contributed by atoms with Gasteiger partial charge in [-0.3, -0.25) is 0 Å². The third kappa shape index (κ3) is 3.55. The van der Waals surface area contributed by atoms with E-state index in [4.69, 9.17) is 4.43 Å². The lowest BCUT2D eigenvalue weighted by Crippen LogP contribution is -2.43. The molecule has 0 aromatic heterocycles. The van der Waals surface area contributed by atoms with Gasteiger partial charge in [0, 0.05) is 11.1 Å². The maximum Gasteiger partial charge on any atom is 0.191 e. The van der Waals surface area contributed by atoms with Gasteiger partial charge in [-0.2, -0.15) is 0 Å². The van der Waals surface area contributed by atoms with E-state index in [1.54, 1.807) is 0 Å². The molecule has 1 aromatic rings. The minimum absolute atomic E-state index is 0.309. The van der Waals surface area contributed by atoms with Crippen LogP contribution in [0.25, 0.3) is 0 Å². The Morgan fingerprint density at radius 1 is 1.15 bits per heavy atom. The number of halogens is 1. The molecule has 2 atom stereocenters. The van der Waals surface area contributed by atoms with Crippen molar-refractivity contribution < 1.29 is 4.43 Å². The highest BCUT2D eigenvalue weighted by molar-refractivity contribution is 9.10. The molecule has 0 aliphatic heterocycles. The normalized spacial score (nSPS) is 23.5. The molecule has 0 N–H and O–H groups in total. The third-order valence-corrected chi connectivity index (χ3v) is 10.2. The molecule has 0 spiro atoms. The van der Waals surface area contributed by atoms with Crippen LogP contribution in [0, 0.1) is 5.92 Å². The monoisotopic (exact) mass is 354 g/mol. The summed E-state index contributed by atoms with van der Waals surface area (Å²) in [6, 6.07) is 8.82. The zero-order chi connectivity index (χ0) is 15.0. The molecule has 20 heavy (non-hydrogen) atoms. The van der Waals surface area contributed by atoms with Crippen molar-refractivity contribution in [2.45, 2.75) is 57.7 Å². The van der Waals surface area contributed by atoms with Gasteiger partial charge in [0.15, 0.2) is 8.32 Å². The van der Waals surface area contributed by atoms with Gasteiger partial charge in [0.25, 0.3) is 0 Å². The first-order valence-electron chi connectivity index (χ1n) is 7.60. The van der Waals surface area contributed by atoms with Crippen molar-refractivity contribution in [1.29, 1.82) is 0 Å². The number of hydrogen-bond donors (Lipinski definition) is 0. The van der Waals surface area contributed by atoms with Gasteiger partial charge in [0.05, 0.1) is 0 Å². The highest BCUT2D eigenvalue weighted by Crippen LogP contribution is 2.44. The van der Waals surface area contributed by atoms with E-state index in [1.165, 1.54) is 18.4 Å². The number of rotatable bonds is 4. The van der Waals surface area contributed by atoms with Crippen LogP contribution in [0.4, 0.5) is 0 Å². The Hall–Kier alpha value is -0.123. The Kier molecular flexibility index (Phi) is 4.82. The minimum atomic E-state index is -1.60. The molecule has 0 amide bonds. The van der Waals surface area contributed by atoms with Crippen LogP contribution in [0.2, 0.25) is 18.1 Å². The molecule has 0 bridgehead atoms. The van der Waals surface area contributed by atoms with Gasteiger partial charge >= 0.3 is 0 Å². The molecular weight excluding hydrogens is 328 g/mol. The molecule has 0 saturated heterocycles. The summed E-state index contributed by atoms with van der Waals surface area (Å²) in [5.41, 5.74) is 1.48. The van der Waals surface area contributed by atoms with Crippen LogP contribution in [0.15, 0.2) is 28.7 Å². The lowest BCUT2D eigenvalue weighted by atomic mass is 9.70. The molecule has 1 aromatic carbocycles. The van der Waals surface area contributed by atoms with Crippen LogP contribution in [0.1, 0.15) is 45.1 Å². The van der Waals surface area contributed by atoms with E-state index in [1.807, 2.05) is 0 Å². The largest absolute Gasteiger partial charge is 0.417 e. The SMILES string of the molecule is CC(C)(C)[Si](C)(C)OC[C@H]1CC[C@@H]1c1ccc(Br)cc1. The summed E-state index contributed by atoms with van der Waals surface area (Å²) < 4.78 is 7.56. The van der Waals surface area contributed by atoms with Gasteiger partial charge in [0.1, 0.15) is 0 Å². The van der Waals surface area contributed by atoms with Crippen molar-refractivity contribution >= 4 is 24.2 Å². The second-order valence-corrected chi connectivity index (χ2v) is 13.3. The zero-order valence-corrected chi connectivity index (χ0v) is 16.0. The fourth-order valence-corrected chi connectivity index (χ4v) is 3.78. The lowest BCUT2D eigenvalue weighted by molar-refractivity contribution is 0.140. The average molecular weight is 355 g/mol. The Balaban J connectivity index is 1.93. The second kappa shape index (κ2) is 5.94. The summed E-state index contributed by atoms with van der Waals surface area (Å²) in [4.78, 5) is 0. The van der Waals surface area contributed by atoms with Crippen molar-refractivity contribution in [3.05, 3.63) is 34.3 Å². The Morgan fingerprint density at radius 3 is 2.20 bits per heavy atom. The molecule has 1 fully saturated rings. The summed E-state index contributed by atoms with van der Waals surface area (Å²) in [6.45, 7) is 12.6. The standard InChI is InChI=1S/C17H27BrOSi/c1-17(2,3)20(4,5)19-12-14-8-11-16(14)13-6-9-15(18)10-7-13/h6-7,9-10,14,16H,8,11-12H2,1-5H3/t14-,16-/m1/s1. The van der Waals surface area contributed by atoms with E-state index in [0.29, 0.717) is 16.9 Å². The van der Waals surface area contributed by atoms with Crippen LogP contribution in [0.3, 0.4) is 0 Å². The highest BCUT2D eigenvalue weighted by Gasteiger charge is 2.40. The maximum atomic E-state index is 6.40. The first-order chi connectivity index (χ1) is 9.21. The molecule has 0 radical (unpaired) electrons. The Labute approximate surface area is 133 Å². The van der Waals surface area contributed by atoms with Crippen molar-refractivity contribution in [3.63, 3.8) is 0 Å². The van der Waals surface area contributed by atoms with E-state index >= 15 is 0 Å². The molecule has 2 rings (SSSR count). The Morgan fingerprint density at radius 2 is 1.75 bits per heavy atom. The molecule has 0 unspecified atom stereocenters. The smallest absolute Gasteiger partial charge is 0.191 e. The second-order valence-electron chi connectivity index (χ2n) is 7.57. The lowest BCUT2D eigenvalue weighted by Gasteiger charge is -2.42. The fraction of sp³-hybridized carbons (Fsp3) is 0.647. The van der Waals surface area contributed by atoms with Crippen LogP contribution < -0.4 is 0 Å². The molecule has 1 nitrogen and oxygen atoms in total. The summed E-state index contributed by atoms with van der Waals surface area (Å²) in [5, 5.41) is 0.309. The molecule has 1 saturated carbocycles. The molecular formula is C17H27BrOSi.